The number of nitrogens with one attached hydrogen (secondary N) is 1. The molecule has 2 aliphatic rings. The number of amides is 1. The van der Waals surface area contributed by atoms with Crippen molar-refractivity contribution in [3.05, 3.63) is 17.7 Å². The van der Waals surface area contributed by atoms with E-state index >= 15 is 0 Å². The van der Waals surface area contributed by atoms with E-state index < -0.39 is 5.79 Å². The topological polar surface area (TPSA) is 75.3 Å². The van der Waals surface area contributed by atoms with Gasteiger partial charge in [-0.15, -0.1) is 0 Å². The first-order valence-electron chi connectivity index (χ1n) is 9.01. The standard InChI is InChI=1S/C19H27NO6/c1-22-15-9-13(10-16(23-2)17(15)24-3)18(21)20-11-14-12-25-19(26-14)7-5-4-6-8-19/h9-10,14H,4-8,11-12H2,1-3H3,(H,20,21)/t14-/m0/s1. The zero-order chi connectivity index (χ0) is 18.6. The lowest BCUT2D eigenvalue weighted by molar-refractivity contribution is -0.186. The van der Waals surface area contributed by atoms with Crippen LogP contribution in [-0.4, -0.2) is 52.3 Å². The molecule has 3 rings (SSSR count). The van der Waals surface area contributed by atoms with Crippen LogP contribution in [0.15, 0.2) is 12.1 Å². The molecule has 7 nitrogen and oxygen atoms in total. The van der Waals surface area contributed by atoms with Gasteiger partial charge in [0.15, 0.2) is 17.3 Å². The fraction of sp³-hybridized carbons (Fsp3) is 0.632. The van der Waals surface area contributed by atoms with Crippen LogP contribution in [0.4, 0.5) is 0 Å². The summed E-state index contributed by atoms with van der Waals surface area (Å²) in [5.41, 5.74) is 0.436. The van der Waals surface area contributed by atoms with Crippen LogP contribution in [0.1, 0.15) is 42.5 Å². The lowest BCUT2D eigenvalue weighted by atomic mass is 9.94. The molecule has 0 unspecified atom stereocenters. The van der Waals surface area contributed by atoms with E-state index in [-0.39, 0.29) is 12.0 Å². The molecular weight excluding hydrogens is 338 g/mol. The minimum Gasteiger partial charge on any atom is -0.493 e. The van der Waals surface area contributed by atoms with Gasteiger partial charge in [0.1, 0.15) is 6.10 Å². The fourth-order valence-corrected chi connectivity index (χ4v) is 3.59. The van der Waals surface area contributed by atoms with Crippen LogP contribution in [0.5, 0.6) is 17.2 Å². The van der Waals surface area contributed by atoms with Crippen LogP contribution in [-0.2, 0) is 9.47 Å². The molecule has 1 atom stereocenters. The van der Waals surface area contributed by atoms with Crippen LogP contribution in [0.3, 0.4) is 0 Å². The number of methoxy groups -OCH3 is 3. The lowest BCUT2D eigenvalue weighted by Crippen LogP contribution is -2.37. The predicted molar refractivity (Wildman–Crippen MR) is 95.1 cm³/mol. The summed E-state index contributed by atoms with van der Waals surface area (Å²) in [6, 6.07) is 3.26. The summed E-state index contributed by atoms with van der Waals surface area (Å²) < 4.78 is 27.9. The molecular formula is C19H27NO6. The Morgan fingerprint density at radius 2 is 1.77 bits per heavy atom. The van der Waals surface area contributed by atoms with E-state index in [1.165, 1.54) is 27.8 Å². The summed E-state index contributed by atoms with van der Waals surface area (Å²) in [5.74, 6) is 0.688. The molecule has 1 aromatic rings. The molecule has 1 aliphatic heterocycles. The highest BCUT2D eigenvalue weighted by molar-refractivity contribution is 5.95. The second-order valence-electron chi connectivity index (χ2n) is 6.65. The summed E-state index contributed by atoms with van der Waals surface area (Å²) >= 11 is 0. The zero-order valence-corrected chi connectivity index (χ0v) is 15.6. The van der Waals surface area contributed by atoms with Crippen LogP contribution < -0.4 is 19.5 Å². The zero-order valence-electron chi connectivity index (χ0n) is 15.6. The first kappa shape index (κ1) is 18.8. The molecule has 26 heavy (non-hydrogen) atoms. The van der Waals surface area contributed by atoms with Gasteiger partial charge in [-0.05, 0) is 25.0 Å². The van der Waals surface area contributed by atoms with Crippen molar-refractivity contribution < 1.29 is 28.5 Å². The van der Waals surface area contributed by atoms with Crippen LogP contribution >= 0.6 is 0 Å². The monoisotopic (exact) mass is 365 g/mol. The Balaban J connectivity index is 1.62. The third-order valence-corrected chi connectivity index (χ3v) is 4.95. The van der Waals surface area contributed by atoms with Crippen LogP contribution in [0, 0.1) is 0 Å². The molecule has 0 radical (unpaired) electrons. The second kappa shape index (κ2) is 8.14. The van der Waals surface area contributed by atoms with Crippen molar-refractivity contribution in [2.75, 3.05) is 34.5 Å². The van der Waals surface area contributed by atoms with Gasteiger partial charge >= 0.3 is 0 Å². The molecule has 144 valence electrons. The summed E-state index contributed by atoms with van der Waals surface area (Å²) in [5, 5.41) is 2.91. The van der Waals surface area contributed by atoms with E-state index in [1.807, 2.05) is 0 Å². The molecule has 1 N–H and O–H groups in total. The smallest absolute Gasteiger partial charge is 0.251 e. The van der Waals surface area contributed by atoms with E-state index in [9.17, 15) is 4.79 Å². The Labute approximate surface area is 153 Å². The normalized spacial score (nSPS) is 21.4. The second-order valence-corrected chi connectivity index (χ2v) is 6.65. The van der Waals surface area contributed by atoms with Gasteiger partial charge in [-0.1, -0.05) is 6.42 Å². The molecule has 0 aromatic heterocycles. The van der Waals surface area contributed by atoms with E-state index in [2.05, 4.69) is 5.32 Å². The highest BCUT2D eigenvalue weighted by atomic mass is 16.7. The number of hydrogen-bond donors (Lipinski definition) is 1. The number of ether oxygens (including phenoxy) is 5. The maximum Gasteiger partial charge on any atom is 0.251 e. The Morgan fingerprint density at radius 1 is 1.12 bits per heavy atom. The first-order chi connectivity index (χ1) is 12.6. The molecule has 1 amide bonds. The minimum atomic E-state index is -0.430. The Bertz CT molecular complexity index is 616. The average molecular weight is 365 g/mol. The van der Waals surface area contributed by atoms with Gasteiger partial charge in [-0.3, -0.25) is 4.79 Å². The largest absolute Gasteiger partial charge is 0.493 e. The summed E-state index contributed by atoms with van der Waals surface area (Å²) in [7, 11) is 4.57. The van der Waals surface area contributed by atoms with Gasteiger partial charge in [0.25, 0.3) is 5.91 Å². The Morgan fingerprint density at radius 3 is 2.35 bits per heavy atom. The number of rotatable bonds is 6. The maximum absolute atomic E-state index is 12.5. The van der Waals surface area contributed by atoms with Crippen LogP contribution in [0.2, 0.25) is 0 Å². The van der Waals surface area contributed by atoms with Crippen LogP contribution in [0.25, 0.3) is 0 Å². The summed E-state index contributed by atoms with van der Waals surface area (Å²) in [6.45, 7) is 0.910. The van der Waals surface area contributed by atoms with Gasteiger partial charge in [0.2, 0.25) is 5.75 Å². The van der Waals surface area contributed by atoms with Crippen molar-refractivity contribution >= 4 is 5.91 Å². The quantitative estimate of drug-likeness (QED) is 0.835. The highest BCUT2D eigenvalue weighted by Crippen LogP contribution is 2.39. The van der Waals surface area contributed by atoms with E-state index in [0.717, 1.165) is 25.7 Å². The van der Waals surface area contributed by atoms with E-state index in [0.29, 0.717) is 36.0 Å². The number of benzene rings is 1. The number of carbonyl (C=O) groups is 1. The number of carbonyl (C=O) groups excluding carboxylic acids is 1. The SMILES string of the molecule is COc1cc(C(=O)NC[C@H]2COC3(CCCCC3)O2)cc(OC)c1OC. The first-order valence-corrected chi connectivity index (χ1v) is 9.01. The molecule has 0 bridgehead atoms. The summed E-state index contributed by atoms with van der Waals surface area (Å²) in [4.78, 5) is 12.5. The van der Waals surface area contributed by atoms with Crippen molar-refractivity contribution in [3.8, 4) is 17.2 Å². The Kier molecular flexibility index (Phi) is 5.88. The minimum absolute atomic E-state index is 0.126. The van der Waals surface area contributed by atoms with Crippen molar-refractivity contribution in [2.45, 2.75) is 44.0 Å². The molecule has 2 fully saturated rings. The predicted octanol–water partition coefficient (Wildman–Crippen LogP) is 2.52. The molecule has 7 heteroatoms. The van der Waals surface area contributed by atoms with Crippen molar-refractivity contribution in [1.82, 2.24) is 5.32 Å². The van der Waals surface area contributed by atoms with Gasteiger partial charge in [0, 0.05) is 24.9 Å². The third kappa shape index (κ3) is 3.88. The van der Waals surface area contributed by atoms with Gasteiger partial charge in [0.05, 0.1) is 27.9 Å². The molecule has 1 aromatic carbocycles. The van der Waals surface area contributed by atoms with E-state index in [4.69, 9.17) is 23.7 Å². The lowest BCUT2D eigenvalue weighted by Gasteiger charge is -2.31. The maximum atomic E-state index is 12.5. The molecule has 1 aliphatic carbocycles. The van der Waals surface area contributed by atoms with Gasteiger partial charge < -0.3 is 29.0 Å². The third-order valence-electron chi connectivity index (χ3n) is 4.95. The van der Waals surface area contributed by atoms with Crippen molar-refractivity contribution in [2.24, 2.45) is 0 Å². The van der Waals surface area contributed by atoms with E-state index in [1.54, 1.807) is 12.1 Å². The summed E-state index contributed by atoms with van der Waals surface area (Å²) in [6.07, 6.45) is 5.24. The molecule has 1 spiro atoms. The molecule has 1 saturated heterocycles. The average Bonchev–Trinajstić information content (AvgIpc) is 3.07. The molecule has 1 heterocycles. The van der Waals surface area contributed by atoms with Gasteiger partial charge in [-0.25, -0.2) is 0 Å². The highest BCUT2D eigenvalue weighted by Gasteiger charge is 2.42. The molecule has 1 saturated carbocycles. The van der Waals surface area contributed by atoms with Crippen molar-refractivity contribution in [1.29, 1.82) is 0 Å². The Hall–Kier alpha value is -1.99. The van der Waals surface area contributed by atoms with Gasteiger partial charge in [-0.2, -0.15) is 0 Å². The van der Waals surface area contributed by atoms with Crippen molar-refractivity contribution in [3.63, 3.8) is 0 Å². The fourth-order valence-electron chi connectivity index (χ4n) is 3.59. The number of hydrogen-bond acceptors (Lipinski definition) is 6.